The number of nitrogens with zero attached hydrogens (tertiary/aromatic N) is 4. The number of nitrogens with one attached hydrogen (secondary N) is 2. The van der Waals surface area contributed by atoms with Gasteiger partial charge in [-0.1, -0.05) is 12.1 Å². The Labute approximate surface area is 263 Å². The van der Waals surface area contributed by atoms with E-state index in [0.29, 0.717) is 62.6 Å². The Morgan fingerprint density at radius 1 is 1.24 bits per heavy atom. The number of amides is 1. The number of aryl methyl sites for hydroxylation is 1. The molecule has 0 unspecified atom stereocenters. The van der Waals surface area contributed by atoms with E-state index in [1.807, 2.05) is 13.0 Å². The number of rotatable bonds is 17. The zero-order valence-corrected chi connectivity index (χ0v) is 26.6. The normalized spacial score (nSPS) is 15.2. The summed E-state index contributed by atoms with van der Waals surface area (Å²) in [6.07, 6.45) is 5.24. The number of hydrogen-bond donors (Lipinski definition) is 3. The number of ether oxygens (including phenoxy) is 2. The van der Waals surface area contributed by atoms with E-state index in [1.54, 1.807) is 30.2 Å². The largest absolute Gasteiger partial charge is 0.466 e. The van der Waals surface area contributed by atoms with Gasteiger partial charge in [0.05, 0.1) is 12.1 Å². The van der Waals surface area contributed by atoms with E-state index in [1.165, 1.54) is 6.07 Å². The van der Waals surface area contributed by atoms with Gasteiger partial charge in [-0.15, -0.1) is 0 Å². The molecule has 0 aliphatic carbocycles. The number of piperidine rings is 1. The van der Waals surface area contributed by atoms with E-state index in [4.69, 9.17) is 15.2 Å². The standard InChI is InChI=1S/C29H43N7O8S/c1-3-44-26(37)10-6-17-43-18-13-22-11-15-35(16-12-22)28(38)24(8-5-14-31-29(30)33-36(39)40)34-45(41,42)25-9-4-7-23-19-21(2)20-32-27(23)25/h4,7,9,19-20,22,24,34H,3,5-6,8,10-18H2,1-2H3,(H3,30,31,33)/t24-/m0/s1. The Hall–Kier alpha value is -3.89. The summed E-state index contributed by atoms with van der Waals surface area (Å²) in [5, 5.41) is 15.8. The molecule has 248 valence electrons. The van der Waals surface area contributed by atoms with Crippen LogP contribution in [0.2, 0.25) is 0 Å². The van der Waals surface area contributed by atoms with Crippen LogP contribution in [0.3, 0.4) is 0 Å². The van der Waals surface area contributed by atoms with E-state index in [0.717, 1.165) is 24.8 Å². The summed E-state index contributed by atoms with van der Waals surface area (Å²) in [6.45, 7) is 6.11. The van der Waals surface area contributed by atoms with Gasteiger partial charge in [0, 0.05) is 50.9 Å². The molecule has 15 nitrogen and oxygen atoms in total. The second-order valence-electron chi connectivity index (χ2n) is 10.9. The Morgan fingerprint density at radius 3 is 2.71 bits per heavy atom. The first-order chi connectivity index (χ1) is 21.5. The highest BCUT2D eigenvalue weighted by molar-refractivity contribution is 7.89. The van der Waals surface area contributed by atoms with Crippen LogP contribution >= 0.6 is 0 Å². The molecular formula is C29H43N7O8S. The average molecular weight is 650 g/mol. The molecule has 1 aliphatic rings. The number of sulfonamides is 1. The maximum absolute atomic E-state index is 13.7. The number of likely N-dealkylation sites (tertiary alicyclic amines) is 1. The number of esters is 1. The number of fused-ring (bicyclic) bond motifs is 1. The molecule has 1 atom stereocenters. The van der Waals surface area contributed by atoms with Gasteiger partial charge < -0.3 is 25.4 Å². The topological polar surface area (TPSA) is 208 Å². The van der Waals surface area contributed by atoms with Crippen LogP contribution in [0, 0.1) is 23.0 Å². The van der Waals surface area contributed by atoms with Crippen LogP contribution in [-0.2, 0) is 29.1 Å². The molecule has 4 N–H and O–H groups in total. The number of pyridine rings is 1. The Bertz CT molecular complexity index is 1450. The Kier molecular flexibility index (Phi) is 13.9. The van der Waals surface area contributed by atoms with Crippen molar-refractivity contribution in [2.45, 2.75) is 69.7 Å². The van der Waals surface area contributed by atoms with Crippen molar-refractivity contribution >= 4 is 38.8 Å². The zero-order valence-electron chi connectivity index (χ0n) is 25.8. The van der Waals surface area contributed by atoms with Gasteiger partial charge in [-0.3, -0.25) is 14.6 Å². The lowest BCUT2D eigenvalue weighted by Gasteiger charge is -2.34. The molecule has 1 fully saturated rings. The summed E-state index contributed by atoms with van der Waals surface area (Å²) in [7, 11) is -4.15. The lowest BCUT2D eigenvalue weighted by molar-refractivity contribution is -0.485. The molecular weight excluding hydrogens is 606 g/mol. The maximum atomic E-state index is 13.7. The Balaban J connectivity index is 1.61. The summed E-state index contributed by atoms with van der Waals surface area (Å²) in [6, 6.07) is 5.62. The maximum Gasteiger partial charge on any atom is 0.305 e. The Morgan fingerprint density at radius 2 is 2.00 bits per heavy atom. The molecule has 16 heteroatoms. The first kappa shape index (κ1) is 35.6. The summed E-state index contributed by atoms with van der Waals surface area (Å²) in [4.78, 5) is 41.6. The molecule has 3 rings (SSSR count). The first-order valence-electron chi connectivity index (χ1n) is 15.1. The van der Waals surface area contributed by atoms with Gasteiger partial charge in [-0.25, -0.2) is 18.5 Å². The highest BCUT2D eigenvalue weighted by Gasteiger charge is 2.32. The van der Waals surface area contributed by atoms with E-state index < -0.39 is 21.1 Å². The molecule has 0 radical (unpaired) electrons. The van der Waals surface area contributed by atoms with Crippen LogP contribution in [0.25, 0.3) is 10.9 Å². The van der Waals surface area contributed by atoms with E-state index >= 15 is 0 Å². The second-order valence-corrected chi connectivity index (χ2v) is 12.6. The predicted octanol–water partition coefficient (Wildman–Crippen LogP) is 2.05. The molecule has 1 amide bonds. The number of guanidine groups is 1. The highest BCUT2D eigenvalue weighted by Crippen LogP contribution is 2.24. The molecule has 0 saturated carbocycles. The lowest BCUT2D eigenvalue weighted by Crippen LogP contribution is -2.51. The zero-order chi connectivity index (χ0) is 32.8. The van der Waals surface area contributed by atoms with Gasteiger partial charge in [0.25, 0.3) is 5.96 Å². The fourth-order valence-electron chi connectivity index (χ4n) is 5.16. The van der Waals surface area contributed by atoms with E-state index in [-0.39, 0.29) is 42.1 Å². The number of nitro groups is 1. The van der Waals surface area contributed by atoms with Crippen molar-refractivity contribution in [2.75, 3.05) is 39.5 Å². The van der Waals surface area contributed by atoms with Crippen molar-refractivity contribution in [2.24, 2.45) is 16.8 Å². The SMILES string of the molecule is CCOC(=O)CCCOCCC1CCN(C(=O)[C@H](CCCN/C(N)=N/[N+](=O)[O-])NS(=O)(=O)c2cccc3cc(C)cnc23)CC1. The molecule has 1 aromatic heterocycles. The molecule has 2 heterocycles. The van der Waals surface area contributed by atoms with Gasteiger partial charge in [-0.2, -0.15) is 4.72 Å². The summed E-state index contributed by atoms with van der Waals surface area (Å²) in [5.41, 5.74) is 6.67. The minimum Gasteiger partial charge on any atom is -0.466 e. The average Bonchev–Trinajstić information content (AvgIpc) is 2.99. The van der Waals surface area contributed by atoms with Crippen molar-refractivity contribution in [3.8, 4) is 0 Å². The van der Waals surface area contributed by atoms with Crippen LogP contribution < -0.4 is 15.8 Å². The minimum absolute atomic E-state index is 0.0285. The number of aromatic nitrogens is 1. The van der Waals surface area contributed by atoms with Crippen molar-refractivity contribution in [3.63, 3.8) is 0 Å². The number of para-hydroxylation sites is 1. The minimum atomic E-state index is -4.15. The molecule has 2 aromatic rings. The van der Waals surface area contributed by atoms with Crippen LogP contribution in [0.15, 0.2) is 40.5 Å². The van der Waals surface area contributed by atoms with Crippen LogP contribution in [0.1, 0.15) is 57.4 Å². The summed E-state index contributed by atoms with van der Waals surface area (Å²) < 4.78 is 40.4. The number of carbonyl (C=O) groups is 2. The summed E-state index contributed by atoms with van der Waals surface area (Å²) >= 11 is 0. The van der Waals surface area contributed by atoms with Gasteiger partial charge in [0.2, 0.25) is 15.9 Å². The molecule has 1 aromatic carbocycles. The van der Waals surface area contributed by atoms with Crippen molar-refractivity contribution < 1.29 is 32.5 Å². The van der Waals surface area contributed by atoms with Crippen molar-refractivity contribution in [1.29, 1.82) is 0 Å². The smallest absolute Gasteiger partial charge is 0.305 e. The van der Waals surface area contributed by atoms with Crippen LogP contribution in [-0.4, -0.2) is 86.7 Å². The lowest BCUT2D eigenvalue weighted by atomic mass is 9.93. The van der Waals surface area contributed by atoms with Crippen molar-refractivity contribution in [3.05, 3.63) is 46.1 Å². The van der Waals surface area contributed by atoms with Crippen LogP contribution in [0.5, 0.6) is 0 Å². The first-order valence-corrected chi connectivity index (χ1v) is 16.6. The second kappa shape index (κ2) is 17.6. The summed E-state index contributed by atoms with van der Waals surface area (Å²) in [5.74, 6) is -0.604. The highest BCUT2D eigenvalue weighted by atomic mass is 32.2. The number of nitrogens with two attached hydrogens (primary N) is 1. The van der Waals surface area contributed by atoms with Gasteiger partial charge in [0.15, 0.2) is 5.03 Å². The third-order valence-electron chi connectivity index (χ3n) is 7.43. The predicted molar refractivity (Wildman–Crippen MR) is 167 cm³/mol. The molecule has 1 aliphatic heterocycles. The van der Waals surface area contributed by atoms with Crippen LogP contribution in [0.4, 0.5) is 0 Å². The molecule has 0 bridgehead atoms. The van der Waals surface area contributed by atoms with Gasteiger partial charge in [0.1, 0.15) is 16.0 Å². The molecule has 0 spiro atoms. The third kappa shape index (κ3) is 11.5. The quantitative estimate of drug-likeness (QED) is 0.0564. The molecule has 45 heavy (non-hydrogen) atoms. The van der Waals surface area contributed by atoms with Gasteiger partial charge in [-0.05, 0) is 76.0 Å². The van der Waals surface area contributed by atoms with Crippen molar-refractivity contribution in [1.82, 2.24) is 19.9 Å². The number of carbonyl (C=O) groups excluding carboxylic acids is 2. The number of benzene rings is 1. The third-order valence-corrected chi connectivity index (χ3v) is 8.94. The monoisotopic (exact) mass is 649 g/mol. The molecule has 1 saturated heterocycles. The number of hydrazone groups is 1. The fourth-order valence-corrected chi connectivity index (χ4v) is 6.56. The van der Waals surface area contributed by atoms with E-state index in [9.17, 15) is 28.1 Å². The fraction of sp³-hybridized carbons (Fsp3) is 0.586. The van der Waals surface area contributed by atoms with E-state index in [2.05, 4.69) is 20.1 Å². The van der Waals surface area contributed by atoms with Gasteiger partial charge >= 0.3 is 5.97 Å². The number of hydrogen-bond acceptors (Lipinski definition) is 9.